The number of amidine groups is 1. The van der Waals surface area contributed by atoms with Gasteiger partial charge in [-0.2, -0.15) is 0 Å². The summed E-state index contributed by atoms with van der Waals surface area (Å²) in [6, 6.07) is 58.2. The normalized spacial score (nSPS) is 16.2. The average molecular weight is 688 g/mol. The van der Waals surface area contributed by atoms with Gasteiger partial charge in [-0.1, -0.05) is 146 Å². The molecule has 2 unspecified atom stereocenters. The number of nitrogens with zero attached hydrogens (tertiary/aromatic N) is 3. The van der Waals surface area contributed by atoms with Crippen molar-refractivity contribution in [3.63, 3.8) is 0 Å². The maximum atomic E-state index is 6.91. The highest BCUT2D eigenvalue weighted by atomic mass is 35.5. The summed E-state index contributed by atoms with van der Waals surface area (Å²) in [7, 11) is 0. The molecule has 0 saturated carbocycles. The molecule has 2 heterocycles. The fourth-order valence-corrected chi connectivity index (χ4v) is 8.68. The number of hydrogen-bond acceptors (Lipinski definition) is 2. The highest BCUT2D eigenvalue weighted by Crippen LogP contribution is 2.42. The van der Waals surface area contributed by atoms with E-state index in [0.29, 0.717) is 5.02 Å². The predicted molar refractivity (Wildman–Crippen MR) is 221 cm³/mol. The molecule has 1 aromatic heterocycles. The molecular weight excluding hydrogens is 654 g/mol. The third-order valence-corrected chi connectivity index (χ3v) is 11.1. The predicted octanol–water partition coefficient (Wildman–Crippen LogP) is 12.9. The first-order chi connectivity index (χ1) is 25.7. The molecule has 8 aromatic carbocycles. The lowest BCUT2D eigenvalue weighted by molar-refractivity contribution is 0.533. The number of hydrogen-bond donors (Lipinski definition) is 0. The van der Waals surface area contributed by atoms with Gasteiger partial charge in [0.2, 0.25) is 0 Å². The molecule has 0 radical (unpaired) electrons. The van der Waals surface area contributed by atoms with Crippen LogP contribution in [0.25, 0.3) is 59.8 Å². The molecular formula is C48H34ClN3. The Labute approximate surface area is 307 Å². The molecule has 9 aromatic rings. The Morgan fingerprint density at radius 1 is 0.538 bits per heavy atom. The van der Waals surface area contributed by atoms with Gasteiger partial charge < -0.3 is 4.57 Å². The van der Waals surface area contributed by atoms with Crippen molar-refractivity contribution in [2.24, 2.45) is 15.9 Å². The van der Waals surface area contributed by atoms with Gasteiger partial charge in [-0.25, -0.2) is 4.99 Å². The minimum atomic E-state index is -0.160. The Kier molecular flexibility index (Phi) is 7.30. The van der Waals surface area contributed by atoms with Crippen LogP contribution in [0, 0.1) is 5.92 Å². The highest BCUT2D eigenvalue weighted by molar-refractivity contribution is 6.31. The Morgan fingerprint density at radius 2 is 1.08 bits per heavy atom. The lowest BCUT2D eigenvalue weighted by atomic mass is 9.81. The van der Waals surface area contributed by atoms with Gasteiger partial charge in [0.15, 0.2) is 5.84 Å². The Bertz CT molecular complexity index is 2830. The van der Waals surface area contributed by atoms with Gasteiger partial charge in [0.05, 0.1) is 28.5 Å². The molecule has 1 aliphatic rings. The van der Waals surface area contributed by atoms with E-state index in [1.807, 2.05) is 12.1 Å². The van der Waals surface area contributed by atoms with E-state index >= 15 is 0 Å². The van der Waals surface area contributed by atoms with E-state index in [2.05, 4.69) is 163 Å². The number of benzene rings is 8. The summed E-state index contributed by atoms with van der Waals surface area (Å²) >= 11 is 6.91. The lowest BCUT2D eigenvalue weighted by Crippen LogP contribution is -2.29. The van der Waals surface area contributed by atoms with E-state index < -0.39 is 0 Å². The zero-order chi connectivity index (χ0) is 34.8. The third-order valence-electron chi connectivity index (χ3n) is 10.9. The first-order valence-corrected chi connectivity index (χ1v) is 18.4. The van der Waals surface area contributed by atoms with E-state index in [0.717, 1.165) is 45.8 Å². The Morgan fingerprint density at radius 3 is 1.69 bits per heavy atom. The molecule has 52 heavy (non-hydrogen) atoms. The molecule has 0 spiro atoms. The molecule has 2 atom stereocenters. The van der Waals surface area contributed by atoms with Crippen LogP contribution in [0.3, 0.4) is 0 Å². The Balaban J connectivity index is 1.22. The number of aliphatic imine (C=N–C) groups is 2. The SMILES string of the molecule is CCC1C(c2cc(Cl)ccc2-n2c3ccccc3c3ccccc32)=NC(c2ccccc2)=NC1c1ccc2c3ccccc3c3ccccc3c2c1. The minimum Gasteiger partial charge on any atom is -0.309 e. The van der Waals surface area contributed by atoms with Crippen LogP contribution < -0.4 is 0 Å². The standard InChI is InChI=1S/C48H34ClN3/c1-2-33-46(31-24-26-38-36-18-7-6-16-34(36)35-17-8-9-19-37(35)41(38)28-31)50-48(30-14-4-3-5-15-30)51-47(33)42-29-32(49)25-27-45(42)52-43-22-12-10-20-39(43)40-21-11-13-23-44(40)52/h3-29,33,46H,2H2,1H3. The molecule has 0 aliphatic carbocycles. The Hall–Kier alpha value is -6.03. The van der Waals surface area contributed by atoms with Crippen LogP contribution in [-0.4, -0.2) is 16.1 Å². The van der Waals surface area contributed by atoms with Crippen molar-refractivity contribution in [2.75, 3.05) is 0 Å². The zero-order valence-corrected chi connectivity index (χ0v) is 29.4. The summed E-state index contributed by atoms with van der Waals surface area (Å²) in [4.78, 5) is 11.0. The maximum Gasteiger partial charge on any atom is 0.155 e. The number of aromatic nitrogens is 1. The van der Waals surface area contributed by atoms with Crippen molar-refractivity contribution in [1.82, 2.24) is 4.57 Å². The largest absolute Gasteiger partial charge is 0.309 e. The van der Waals surface area contributed by atoms with Gasteiger partial charge >= 0.3 is 0 Å². The summed E-state index contributed by atoms with van der Waals surface area (Å²) in [5, 5.41) is 10.7. The molecule has 0 saturated heterocycles. The first-order valence-electron chi connectivity index (χ1n) is 18.0. The van der Waals surface area contributed by atoms with Crippen LogP contribution in [0.1, 0.15) is 36.1 Å². The monoisotopic (exact) mass is 687 g/mol. The van der Waals surface area contributed by atoms with Gasteiger partial charge in [0.25, 0.3) is 0 Å². The second kappa shape index (κ2) is 12.3. The maximum absolute atomic E-state index is 6.91. The molecule has 0 amide bonds. The van der Waals surface area contributed by atoms with Crippen molar-refractivity contribution in [1.29, 1.82) is 0 Å². The van der Waals surface area contributed by atoms with Gasteiger partial charge in [0, 0.05) is 32.8 Å². The van der Waals surface area contributed by atoms with Crippen molar-refractivity contribution < 1.29 is 0 Å². The van der Waals surface area contributed by atoms with E-state index in [4.69, 9.17) is 21.6 Å². The summed E-state index contributed by atoms with van der Waals surface area (Å²) < 4.78 is 2.38. The molecule has 10 rings (SSSR count). The van der Waals surface area contributed by atoms with E-state index in [9.17, 15) is 0 Å². The van der Waals surface area contributed by atoms with Crippen molar-refractivity contribution in [3.8, 4) is 5.69 Å². The van der Waals surface area contributed by atoms with Crippen LogP contribution >= 0.6 is 11.6 Å². The van der Waals surface area contributed by atoms with Crippen molar-refractivity contribution >= 4 is 77.3 Å². The zero-order valence-electron chi connectivity index (χ0n) is 28.7. The first kappa shape index (κ1) is 30.8. The summed E-state index contributed by atoms with van der Waals surface area (Å²) in [6.45, 7) is 2.25. The van der Waals surface area contributed by atoms with Crippen LogP contribution in [0.4, 0.5) is 0 Å². The van der Waals surface area contributed by atoms with Crippen molar-refractivity contribution in [2.45, 2.75) is 19.4 Å². The van der Waals surface area contributed by atoms with Gasteiger partial charge in [0.1, 0.15) is 0 Å². The minimum absolute atomic E-state index is 0.00180. The molecule has 1 aliphatic heterocycles. The van der Waals surface area contributed by atoms with Crippen LogP contribution in [0.2, 0.25) is 5.02 Å². The number of halogens is 1. The second-order valence-electron chi connectivity index (χ2n) is 13.7. The molecule has 0 fully saturated rings. The molecule has 3 nitrogen and oxygen atoms in total. The van der Waals surface area contributed by atoms with Crippen LogP contribution in [0.5, 0.6) is 0 Å². The fraction of sp³-hybridized carbons (Fsp3) is 0.0833. The topological polar surface area (TPSA) is 29.6 Å². The molecule has 0 bridgehead atoms. The summed E-state index contributed by atoms with van der Waals surface area (Å²) in [6.07, 6.45) is 0.852. The third kappa shape index (κ3) is 4.81. The average Bonchev–Trinajstić information content (AvgIpc) is 3.55. The number of para-hydroxylation sites is 2. The van der Waals surface area contributed by atoms with Gasteiger partial charge in [-0.15, -0.1) is 0 Å². The van der Waals surface area contributed by atoms with E-state index in [1.165, 1.54) is 48.7 Å². The van der Waals surface area contributed by atoms with E-state index in [-0.39, 0.29) is 12.0 Å². The quantitative estimate of drug-likeness (QED) is 0.161. The molecule has 4 heteroatoms. The number of fused-ring (bicyclic) bond motifs is 9. The van der Waals surface area contributed by atoms with Crippen LogP contribution in [-0.2, 0) is 0 Å². The summed E-state index contributed by atoms with van der Waals surface area (Å²) in [5.74, 6) is 0.740. The lowest BCUT2D eigenvalue weighted by Gasteiger charge is -2.31. The highest BCUT2D eigenvalue weighted by Gasteiger charge is 2.34. The van der Waals surface area contributed by atoms with Gasteiger partial charge in [-0.05, 0) is 80.7 Å². The molecule has 0 N–H and O–H groups in total. The van der Waals surface area contributed by atoms with Crippen LogP contribution in [0.15, 0.2) is 174 Å². The van der Waals surface area contributed by atoms with Gasteiger partial charge in [-0.3, -0.25) is 4.99 Å². The molecule has 248 valence electrons. The summed E-state index contributed by atoms with van der Waals surface area (Å²) in [5.41, 5.74) is 7.57. The van der Waals surface area contributed by atoms with E-state index in [1.54, 1.807) is 0 Å². The van der Waals surface area contributed by atoms with Crippen molar-refractivity contribution in [3.05, 3.63) is 186 Å². The smallest absolute Gasteiger partial charge is 0.155 e. The number of rotatable bonds is 5. The fourth-order valence-electron chi connectivity index (χ4n) is 8.51. The second-order valence-corrected chi connectivity index (χ2v) is 14.1.